The van der Waals surface area contributed by atoms with Crippen molar-refractivity contribution in [3.05, 3.63) is 12.2 Å². The third-order valence-electron chi connectivity index (χ3n) is 1.92. The van der Waals surface area contributed by atoms with Crippen molar-refractivity contribution < 1.29 is 0 Å². The van der Waals surface area contributed by atoms with Gasteiger partial charge in [0.25, 0.3) is 0 Å². The van der Waals surface area contributed by atoms with Crippen LogP contribution in [0.25, 0.3) is 0 Å². The van der Waals surface area contributed by atoms with Crippen LogP contribution in [0.5, 0.6) is 0 Å². The molecule has 0 aliphatic heterocycles. The van der Waals surface area contributed by atoms with Crippen LogP contribution in [-0.4, -0.2) is 13.1 Å². The molecule has 0 heterocycles. The molecule has 0 aromatic rings. The van der Waals surface area contributed by atoms with Gasteiger partial charge in [0, 0.05) is 0 Å². The normalized spacial score (nSPS) is 13.0. The highest BCUT2D eigenvalue weighted by Crippen LogP contribution is 1.98. The predicted molar refractivity (Wildman–Crippen MR) is 51.8 cm³/mol. The maximum Gasteiger partial charge on any atom is -0.00117 e. The van der Waals surface area contributed by atoms with Gasteiger partial charge in [-0.15, -0.1) is 6.58 Å². The Bertz CT molecular complexity index is 107. The molecule has 66 valence electrons. The van der Waals surface area contributed by atoms with Crippen molar-refractivity contribution in [2.75, 3.05) is 13.1 Å². The highest BCUT2D eigenvalue weighted by atomic mass is 14.8. The number of rotatable bonds is 6. The van der Waals surface area contributed by atoms with Crippen LogP contribution >= 0.6 is 0 Å². The Balaban J connectivity index is 3.08. The van der Waals surface area contributed by atoms with Gasteiger partial charge in [0.2, 0.25) is 0 Å². The third kappa shape index (κ3) is 7.60. The second-order valence-electron chi connectivity index (χ2n) is 3.42. The Morgan fingerprint density at radius 2 is 2.18 bits per heavy atom. The van der Waals surface area contributed by atoms with Gasteiger partial charge in [-0.3, -0.25) is 0 Å². The molecule has 0 aromatic carbocycles. The summed E-state index contributed by atoms with van der Waals surface area (Å²) in [6, 6.07) is 0. The molecule has 0 aliphatic rings. The number of hydrogen-bond acceptors (Lipinski definition) is 1. The first-order valence-corrected chi connectivity index (χ1v) is 4.52. The van der Waals surface area contributed by atoms with Crippen molar-refractivity contribution in [2.24, 2.45) is 5.92 Å². The maximum absolute atomic E-state index is 3.85. The van der Waals surface area contributed by atoms with Crippen molar-refractivity contribution >= 4 is 0 Å². The second kappa shape index (κ2) is 6.41. The summed E-state index contributed by atoms with van der Waals surface area (Å²) < 4.78 is 0. The van der Waals surface area contributed by atoms with Crippen LogP contribution in [0.4, 0.5) is 0 Å². The quantitative estimate of drug-likeness (QED) is 0.459. The lowest BCUT2D eigenvalue weighted by Crippen LogP contribution is -2.21. The molecule has 0 fully saturated rings. The van der Waals surface area contributed by atoms with Crippen LogP contribution in [0.3, 0.4) is 0 Å². The molecule has 0 saturated carbocycles. The van der Waals surface area contributed by atoms with E-state index in [1.165, 1.54) is 12.0 Å². The Kier molecular flexibility index (Phi) is 6.24. The summed E-state index contributed by atoms with van der Waals surface area (Å²) in [7, 11) is 0. The summed E-state index contributed by atoms with van der Waals surface area (Å²) >= 11 is 0. The van der Waals surface area contributed by atoms with E-state index in [0.717, 1.165) is 25.4 Å². The minimum absolute atomic E-state index is 0.806. The van der Waals surface area contributed by atoms with Crippen LogP contribution in [-0.2, 0) is 0 Å². The minimum Gasteiger partial charge on any atom is -0.316 e. The molecular weight excluding hydrogens is 134 g/mol. The average molecular weight is 155 g/mol. The molecule has 1 N–H and O–H groups in total. The lowest BCUT2D eigenvalue weighted by atomic mass is 10.1. The van der Waals surface area contributed by atoms with Crippen molar-refractivity contribution in [3.8, 4) is 0 Å². The Morgan fingerprint density at radius 3 is 2.64 bits per heavy atom. The zero-order valence-corrected chi connectivity index (χ0v) is 8.11. The zero-order chi connectivity index (χ0) is 8.69. The van der Waals surface area contributed by atoms with E-state index in [-0.39, 0.29) is 0 Å². The van der Waals surface area contributed by atoms with Crippen LogP contribution in [0, 0.1) is 5.92 Å². The van der Waals surface area contributed by atoms with Gasteiger partial charge in [-0.25, -0.2) is 0 Å². The van der Waals surface area contributed by atoms with Gasteiger partial charge in [0.05, 0.1) is 0 Å². The minimum atomic E-state index is 0.806. The molecule has 1 heteroatoms. The van der Waals surface area contributed by atoms with E-state index in [4.69, 9.17) is 0 Å². The maximum atomic E-state index is 3.85. The van der Waals surface area contributed by atoms with Crippen molar-refractivity contribution in [3.63, 3.8) is 0 Å². The Labute approximate surface area is 70.9 Å². The van der Waals surface area contributed by atoms with Gasteiger partial charge in [-0.2, -0.15) is 0 Å². The first kappa shape index (κ1) is 10.7. The predicted octanol–water partition coefficient (Wildman–Crippen LogP) is 2.59. The van der Waals surface area contributed by atoms with Gasteiger partial charge in [-0.1, -0.05) is 25.8 Å². The summed E-state index contributed by atoms with van der Waals surface area (Å²) in [5, 5.41) is 3.41. The van der Waals surface area contributed by atoms with Crippen LogP contribution in [0.15, 0.2) is 12.2 Å². The van der Waals surface area contributed by atoms with Crippen molar-refractivity contribution in [1.29, 1.82) is 0 Å². The highest BCUT2D eigenvalue weighted by Gasteiger charge is 1.96. The first-order valence-electron chi connectivity index (χ1n) is 4.52. The molecule has 0 aliphatic carbocycles. The van der Waals surface area contributed by atoms with E-state index < -0.39 is 0 Å². The summed E-state index contributed by atoms with van der Waals surface area (Å²) in [5.74, 6) is 0.806. The van der Waals surface area contributed by atoms with Crippen LogP contribution in [0.1, 0.15) is 33.6 Å². The molecule has 0 aromatic heterocycles. The van der Waals surface area contributed by atoms with Crippen molar-refractivity contribution in [2.45, 2.75) is 33.6 Å². The van der Waals surface area contributed by atoms with Gasteiger partial charge in [0.1, 0.15) is 0 Å². The molecule has 1 atom stereocenters. The molecule has 0 rings (SSSR count). The van der Waals surface area contributed by atoms with E-state index >= 15 is 0 Å². The molecule has 0 amide bonds. The highest BCUT2D eigenvalue weighted by molar-refractivity contribution is 4.88. The third-order valence-corrected chi connectivity index (χ3v) is 1.92. The Morgan fingerprint density at radius 1 is 1.55 bits per heavy atom. The lowest BCUT2D eigenvalue weighted by Gasteiger charge is -2.09. The summed E-state index contributed by atoms with van der Waals surface area (Å²) in [5.41, 5.74) is 1.27. The fourth-order valence-corrected chi connectivity index (χ4v) is 0.795. The second-order valence-corrected chi connectivity index (χ2v) is 3.42. The fraction of sp³-hybridized carbons (Fsp3) is 0.800. The van der Waals surface area contributed by atoms with Crippen LogP contribution in [0.2, 0.25) is 0 Å². The Hall–Kier alpha value is -0.300. The van der Waals surface area contributed by atoms with E-state index in [0.29, 0.717) is 0 Å². The zero-order valence-electron chi connectivity index (χ0n) is 8.11. The van der Waals surface area contributed by atoms with Crippen molar-refractivity contribution in [1.82, 2.24) is 5.32 Å². The van der Waals surface area contributed by atoms with Crippen LogP contribution < -0.4 is 5.32 Å². The summed E-state index contributed by atoms with van der Waals surface area (Å²) in [6.07, 6.45) is 2.37. The molecule has 0 bridgehead atoms. The molecule has 1 nitrogen and oxygen atoms in total. The van der Waals surface area contributed by atoms with E-state index in [1.807, 2.05) is 0 Å². The molecule has 11 heavy (non-hydrogen) atoms. The number of nitrogens with one attached hydrogen (secondary N) is 1. The molecule has 0 saturated heterocycles. The largest absolute Gasteiger partial charge is 0.316 e. The number of hydrogen-bond donors (Lipinski definition) is 1. The average Bonchev–Trinajstić information content (AvgIpc) is 1.97. The van der Waals surface area contributed by atoms with Gasteiger partial charge in [0.15, 0.2) is 0 Å². The fourth-order valence-electron chi connectivity index (χ4n) is 0.795. The van der Waals surface area contributed by atoms with Gasteiger partial charge < -0.3 is 5.32 Å². The topological polar surface area (TPSA) is 12.0 Å². The molecule has 0 radical (unpaired) electrons. The smallest absolute Gasteiger partial charge is 0.00117 e. The molecule has 1 unspecified atom stereocenters. The monoisotopic (exact) mass is 155 g/mol. The SMILES string of the molecule is C=C(C)CCNCC(C)CC. The van der Waals surface area contributed by atoms with E-state index in [2.05, 4.69) is 32.7 Å². The summed E-state index contributed by atoms with van der Waals surface area (Å²) in [4.78, 5) is 0. The van der Waals surface area contributed by atoms with E-state index in [1.54, 1.807) is 0 Å². The summed E-state index contributed by atoms with van der Waals surface area (Å²) in [6.45, 7) is 12.7. The molecular formula is C10H21N. The first-order chi connectivity index (χ1) is 5.16. The lowest BCUT2D eigenvalue weighted by molar-refractivity contribution is 0.502. The standard InChI is InChI=1S/C10H21N/c1-5-10(4)8-11-7-6-9(2)3/h10-11H,2,5-8H2,1,3-4H3. The van der Waals surface area contributed by atoms with E-state index in [9.17, 15) is 0 Å². The molecule has 0 spiro atoms. The van der Waals surface area contributed by atoms with Gasteiger partial charge in [-0.05, 0) is 32.4 Å². The van der Waals surface area contributed by atoms with Gasteiger partial charge >= 0.3 is 0 Å².